The van der Waals surface area contributed by atoms with E-state index in [0.29, 0.717) is 5.96 Å². The number of likely N-dealkylation sites (tertiary alicyclic amines) is 1. The van der Waals surface area contributed by atoms with Gasteiger partial charge in [0.1, 0.15) is 6.54 Å². The van der Waals surface area contributed by atoms with Gasteiger partial charge in [-0.2, -0.15) is 0 Å². The minimum atomic E-state index is -0.0406. The summed E-state index contributed by atoms with van der Waals surface area (Å²) in [5.74, 6) is 2.23. The van der Waals surface area contributed by atoms with Crippen molar-refractivity contribution in [2.75, 3.05) is 54.4 Å². The Hall–Kier alpha value is -1.79. The second kappa shape index (κ2) is 7.66. The molecule has 1 saturated carbocycles. The second-order valence-electron chi connectivity index (χ2n) is 6.90. The second-order valence-corrected chi connectivity index (χ2v) is 6.90. The van der Waals surface area contributed by atoms with Gasteiger partial charge >= 0.3 is 0 Å². The molecule has 0 aromatic rings. The van der Waals surface area contributed by atoms with E-state index in [1.165, 1.54) is 24.2 Å². The molecule has 7 heteroatoms. The van der Waals surface area contributed by atoms with Crippen LogP contribution in [-0.2, 0) is 9.59 Å². The van der Waals surface area contributed by atoms with Gasteiger partial charge in [0.05, 0.1) is 6.54 Å². The number of guanidine groups is 1. The summed E-state index contributed by atoms with van der Waals surface area (Å²) in [4.78, 5) is 33.3. The van der Waals surface area contributed by atoms with E-state index < -0.39 is 0 Å². The van der Waals surface area contributed by atoms with Crippen LogP contribution in [0.25, 0.3) is 0 Å². The predicted molar refractivity (Wildman–Crippen MR) is 90.1 cm³/mol. The molecule has 1 aliphatic carbocycles. The minimum Gasteiger partial charge on any atom is -0.347 e. The first-order valence-corrected chi connectivity index (χ1v) is 8.32. The normalized spacial score (nSPS) is 21.3. The van der Waals surface area contributed by atoms with Crippen LogP contribution in [0.4, 0.5) is 0 Å². The Kier molecular flexibility index (Phi) is 5.85. The third-order valence-corrected chi connectivity index (χ3v) is 4.57. The zero-order chi connectivity index (χ0) is 17.0. The van der Waals surface area contributed by atoms with Gasteiger partial charge in [-0.05, 0) is 31.1 Å². The van der Waals surface area contributed by atoms with Crippen LogP contribution in [0, 0.1) is 11.8 Å². The average Bonchev–Trinajstić information content (AvgIpc) is 3.24. The number of hydrogen-bond acceptors (Lipinski definition) is 3. The molecule has 0 spiro atoms. The van der Waals surface area contributed by atoms with Crippen molar-refractivity contribution < 1.29 is 9.59 Å². The molecule has 1 N–H and O–H groups in total. The maximum atomic E-state index is 11.8. The summed E-state index contributed by atoms with van der Waals surface area (Å²) < 4.78 is 0. The topological polar surface area (TPSA) is 68.2 Å². The molecule has 0 aromatic carbocycles. The highest BCUT2D eigenvalue weighted by Gasteiger charge is 2.36. The van der Waals surface area contributed by atoms with Gasteiger partial charge in [0.2, 0.25) is 11.8 Å². The molecule has 0 radical (unpaired) electrons. The third-order valence-electron chi connectivity index (χ3n) is 4.57. The number of carbonyl (C=O) groups is 2. The van der Waals surface area contributed by atoms with Crippen molar-refractivity contribution in [1.82, 2.24) is 20.0 Å². The summed E-state index contributed by atoms with van der Waals surface area (Å²) in [6, 6.07) is 0. The summed E-state index contributed by atoms with van der Waals surface area (Å²) in [6.07, 6.45) is 3.86. The van der Waals surface area contributed by atoms with Crippen LogP contribution in [-0.4, -0.2) is 86.8 Å². The molecule has 1 heterocycles. The van der Waals surface area contributed by atoms with Gasteiger partial charge in [-0.3, -0.25) is 9.59 Å². The molecule has 2 aliphatic rings. The van der Waals surface area contributed by atoms with Crippen LogP contribution < -0.4 is 5.32 Å². The molecule has 2 fully saturated rings. The highest BCUT2D eigenvalue weighted by Crippen LogP contribution is 2.41. The highest BCUT2D eigenvalue weighted by atomic mass is 16.2. The van der Waals surface area contributed by atoms with Crippen molar-refractivity contribution in [2.24, 2.45) is 16.8 Å². The van der Waals surface area contributed by atoms with Gasteiger partial charge in [-0.1, -0.05) is 0 Å². The molecule has 0 bridgehead atoms. The number of nitrogens with zero attached hydrogens (tertiary/aromatic N) is 4. The number of nitrogens with one attached hydrogen (secondary N) is 1. The zero-order valence-corrected chi connectivity index (χ0v) is 14.7. The van der Waals surface area contributed by atoms with Gasteiger partial charge < -0.3 is 20.0 Å². The predicted octanol–water partition coefficient (Wildman–Crippen LogP) is -0.160. The standard InChI is InChI=1S/C16H29N5O2/c1-19(2)14(22)9-17-16(18-10-15(23)20(3)4)21-8-7-13(11-21)12-5-6-12/h12-13H,5-11H2,1-4H3,(H,17,18). The van der Waals surface area contributed by atoms with Crippen LogP contribution in [0.15, 0.2) is 4.99 Å². The SMILES string of the molecule is CN(C)C(=O)CN=C(NCC(=O)N(C)C)N1CCC(C2CC2)C1. The monoisotopic (exact) mass is 323 g/mol. The molecule has 2 rings (SSSR count). The van der Waals surface area contributed by atoms with Gasteiger partial charge in [-0.15, -0.1) is 0 Å². The summed E-state index contributed by atoms with van der Waals surface area (Å²) in [6.45, 7) is 2.23. The van der Waals surface area contributed by atoms with Crippen molar-refractivity contribution in [3.05, 3.63) is 0 Å². The fourth-order valence-electron chi connectivity index (χ4n) is 2.80. The number of carbonyl (C=O) groups excluding carboxylic acids is 2. The van der Waals surface area contributed by atoms with E-state index in [1.54, 1.807) is 33.1 Å². The molecule has 1 atom stereocenters. The molecule has 1 aliphatic heterocycles. The van der Waals surface area contributed by atoms with Crippen molar-refractivity contribution in [3.8, 4) is 0 Å². The summed E-state index contributed by atoms with van der Waals surface area (Å²) in [7, 11) is 6.91. The smallest absolute Gasteiger partial charge is 0.243 e. The summed E-state index contributed by atoms with van der Waals surface area (Å²) in [5, 5.41) is 3.13. The van der Waals surface area contributed by atoms with Gasteiger partial charge in [-0.25, -0.2) is 4.99 Å². The van der Waals surface area contributed by atoms with E-state index >= 15 is 0 Å². The first kappa shape index (κ1) is 17.6. The lowest BCUT2D eigenvalue weighted by molar-refractivity contribution is -0.127. The van der Waals surface area contributed by atoms with Crippen LogP contribution in [0.1, 0.15) is 19.3 Å². The number of aliphatic imine (C=N–C) groups is 1. The molecular formula is C16H29N5O2. The highest BCUT2D eigenvalue weighted by molar-refractivity contribution is 5.88. The maximum absolute atomic E-state index is 11.8. The Balaban J connectivity index is 1.96. The Bertz CT molecular complexity index is 471. The lowest BCUT2D eigenvalue weighted by Gasteiger charge is -2.23. The number of likely N-dealkylation sites (N-methyl/N-ethyl adjacent to an activating group) is 2. The van der Waals surface area contributed by atoms with Crippen LogP contribution >= 0.6 is 0 Å². The molecule has 2 amide bonds. The Morgan fingerprint density at radius 3 is 2.26 bits per heavy atom. The largest absolute Gasteiger partial charge is 0.347 e. The van der Waals surface area contributed by atoms with Crippen molar-refractivity contribution in [3.63, 3.8) is 0 Å². The van der Waals surface area contributed by atoms with E-state index in [4.69, 9.17) is 0 Å². The fourth-order valence-corrected chi connectivity index (χ4v) is 2.80. The average molecular weight is 323 g/mol. The number of rotatable bonds is 5. The van der Waals surface area contributed by atoms with E-state index in [-0.39, 0.29) is 24.9 Å². The molecule has 1 saturated heterocycles. The van der Waals surface area contributed by atoms with Gasteiger partial charge in [0.15, 0.2) is 5.96 Å². The van der Waals surface area contributed by atoms with Crippen molar-refractivity contribution in [2.45, 2.75) is 19.3 Å². The Morgan fingerprint density at radius 2 is 1.70 bits per heavy atom. The quantitative estimate of drug-likeness (QED) is 0.564. The lowest BCUT2D eigenvalue weighted by Crippen LogP contribution is -2.45. The zero-order valence-electron chi connectivity index (χ0n) is 14.7. The van der Waals surface area contributed by atoms with Gasteiger partial charge in [0.25, 0.3) is 0 Å². The van der Waals surface area contributed by atoms with Crippen molar-refractivity contribution in [1.29, 1.82) is 0 Å². The van der Waals surface area contributed by atoms with E-state index in [2.05, 4.69) is 15.2 Å². The number of amides is 2. The molecule has 130 valence electrons. The number of hydrogen-bond donors (Lipinski definition) is 1. The maximum Gasteiger partial charge on any atom is 0.243 e. The molecule has 23 heavy (non-hydrogen) atoms. The lowest BCUT2D eigenvalue weighted by atomic mass is 10.0. The van der Waals surface area contributed by atoms with E-state index in [0.717, 1.165) is 24.9 Å². The first-order valence-electron chi connectivity index (χ1n) is 8.32. The minimum absolute atomic E-state index is 0.00502. The molecule has 7 nitrogen and oxygen atoms in total. The summed E-state index contributed by atoms with van der Waals surface area (Å²) in [5.41, 5.74) is 0. The Labute approximate surface area is 138 Å². The molecule has 0 aromatic heterocycles. The van der Waals surface area contributed by atoms with Crippen molar-refractivity contribution >= 4 is 17.8 Å². The van der Waals surface area contributed by atoms with Crippen LogP contribution in [0.2, 0.25) is 0 Å². The molecular weight excluding hydrogens is 294 g/mol. The van der Waals surface area contributed by atoms with Gasteiger partial charge in [0, 0.05) is 41.3 Å². The third kappa shape index (κ3) is 5.11. The van der Waals surface area contributed by atoms with E-state index in [9.17, 15) is 9.59 Å². The fraction of sp³-hybridized carbons (Fsp3) is 0.812. The first-order chi connectivity index (χ1) is 10.9. The molecule has 1 unspecified atom stereocenters. The summed E-state index contributed by atoms with van der Waals surface area (Å²) >= 11 is 0. The Morgan fingerprint density at radius 1 is 1.04 bits per heavy atom. The van der Waals surface area contributed by atoms with Crippen LogP contribution in [0.5, 0.6) is 0 Å². The van der Waals surface area contributed by atoms with Crippen LogP contribution in [0.3, 0.4) is 0 Å². The van der Waals surface area contributed by atoms with E-state index in [1.807, 2.05) is 0 Å².